The van der Waals surface area contributed by atoms with E-state index in [0.29, 0.717) is 11.4 Å². The van der Waals surface area contributed by atoms with E-state index >= 15 is 0 Å². The van der Waals surface area contributed by atoms with Crippen LogP contribution >= 0.6 is 0 Å². The van der Waals surface area contributed by atoms with Crippen LogP contribution in [0.2, 0.25) is 0 Å². The lowest BCUT2D eigenvalue weighted by Crippen LogP contribution is -2.26. The van der Waals surface area contributed by atoms with Crippen LogP contribution in [0.1, 0.15) is 12.6 Å². The molecule has 3 aromatic heterocycles. The molecule has 0 aliphatic rings. The Morgan fingerprint density at radius 3 is 2.68 bits per heavy atom. The normalized spacial score (nSPS) is 10.9. The van der Waals surface area contributed by atoms with E-state index in [1.807, 2.05) is 0 Å². The fourth-order valence-corrected chi connectivity index (χ4v) is 2.89. The maximum absolute atomic E-state index is 13.3. The van der Waals surface area contributed by atoms with Crippen molar-refractivity contribution in [2.75, 3.05) is 11.9 Å². The highest BCUT2D eigenvalue weighted by molar-refractivity contribution is 6.37. The zero-order valence-electron chi connectivity index (χ0n) is 16.4. The molecule has 1 amide bonds. The van der Waals surface area contributed by atoms with Crippen LogP contribution in [-0.2, 0) is 14.3 Å². The largest absolute Gasteiger partial charge is 0.459 e. The molecule has 12 heteroatoms. The zero-order chi connectivity index (χ0) is 22.1. The summed E-state index contributed by atoms with van der Waals surface area (Å²) in [4.78, 5) is 43.3. The van der Waals surface area contributed by atoms with E-state index in [1.54, 1.807) is 13.8 Å². The molecule has 0 aliphatic heterocycles. The van der Waals surface area contributed by atoms with Gasteiger partial charge in [0, 0.05) is 6.07 Å². The summed E-state index contributed by atoms with van der Waals surface area (Å²) >= 11 is 0. The summed E-state index contributed by atoms with van der Waals surface area (Å²) in [5, 5.41) is 11.0. The van der Waals surface area contributed by atoms with E-state index in [2.05, 4.69) is 30.2 Å². The van der Waals surface area contributed by atoms with Crippen LogP contribution in [0.25, 0.3) is 22.7 Å². The Balaban J connectivity index is 1.80. The Hall–Kier alpha value is -4.35. The number of nitrogens with zero attached hydrogens (tertiary/aromatic N) is 5. The number of H-pyrrole nitrogens is 1. The predicted molar refractivity (Wildman–Crippen MR) is 107 cm³/mol. The van der Waals surface area contributed by atoms with Gasteiger partial charge in [-0.3, -0.25) is 14.6 Å². The molecule has 1 aromatic carbocycles. The number of hydrogen-bond donors (Lipinski definition) is 2. The number of carbonyl (C=O) groups excluding carboxylic acids is 2. The minimum Gasteiger partial charge on any atom is -0.459 e. The van der Waals surface area contributed by atoms with Crippen LogP contribution in [0.5, 0.6) is 0 Å². The van der Waals surface area contributed by atoms with Gasteiger partial charge >= 0.3 is 11.9 Å². The van der Waals surface area contributed by atoms with Crippen molar-refractivity contribution >= 4 is 28.7 Å². The van der Waals surface area contributed by atoms with Crippen molar-refractivity contribution in [3.63, 3.8) is 0 Å². The number of benzene rings is 1. The van der Waals surface area contributed by atoms with Crippen LogP contribution in [0.3, 0.4) is 0 Å². The fraction of sp³-hybridized carbons (Fsp3) is 0.158. The molecule has 158 valence electrons. The number of fused-ring (bicyclic) bond motifs is 1. The highest BCUT2D eigenvalue weighted by Gasteiger charge is 2.20. The van der Waals surface area contributed by atoms with Crippen molar-refractivity contribution in [2.24, 2.45) is 0 Å². The predicted octanol–water partition coefficient (Wildman–Crippen LogP) is 1.24. The Morgan fingerprint density at radius 1 is 1.23 bits per heavy atom. The minimum atomic E-state index is -1.06. The Bertz CT molecular complexity index is 1350. The first kappa shape index (κ1) is 19.9. The van der Waals surface area contributed by atoms with Crippen molar-refractivity contribution < 1.29 is 18.7 Å². The molecular weight excluding hydrogens is 409 g/mol. The van der Waals surface area contributed by atoms with Gasteiger partial charge in [-0.25, -0.2) is 13.9 Å². The summed E-state index contributed by atoms with van der Waals surface area (Å²) in [6.45, 7) is 3.28. The number of carbonyl (C=O) groups is 2. The number of anilines is 1. The van der Waals surface area contributed by atoms with E-state index in [4.69, 9.17) is 0 Å². The van der Waals surface area contributed by atoms with Crippen molar-refractivity contribution in [3.05, 3.63) is 58.4 Å². The molecule has 11 nitrogen and oxygen atoms in total. The van der Waals surface area contributed by atoms with Gasteiger partial charge in [-0.05, 0) is 38.1 Å². The van der Waals surface area contributed by atoms with Crippen LogP contribution in [0.4, 0.5) is 10.2 Å². The van der Waals surface area contributed by atoms with Crippen LogP contribution in [0.15, 0.2) is 41.3 Å². The van der Waals surface area contributed by atoms with Crippen LogP contribution < -0.4 is 10.9 Å². The molecule has 0 atom stereocenters. The van der Waals surface area contributed by atoms with Crippen molar-refractivity contribution in [3.8, 4) is 11.6 Å². The molecule has 0 aliphatic carbocycles. The molecule has 31 heavy (non-hydrogen) atoms. The Labute approximate surface area is 173 Å². The average molecular weight is 425 g/mol. The van der Waals surface area contributed by atoms with E-state index in [9.17, 15) is 18.8 Å². The highest BCUT2D eigenvalue weighted by atomic mass is 19.1. The molecule has 4 rings (SSSR count). The van der Waals surface area contributed by atoms with Gasteiger partial charge in [0.15, 0.2) is 5.65 Å². The third kappa shape index (κ3) is 3.77. The van der Waals surface area contributed by atoms with Gasteiger partial charge in [0.1, 0.15) is 17.0 Å². The number of ether oxygens (including phenoxy) is 1. The summed E-state index contributed by atoms with van der Waals surface area (Å²) in [6.07, 6.45) is 1.34. The molecule has 0 spiro atoms. The smallest absolute Gasteiger partial charge is 0.397 e. The third-order valence-corrected chi connectivity index (χ3v) is 4.23. The summed E-state index contributed by atoms with van der Waals surface area (Å²) < 4.78 is 20.5. The van der Waals surface area contributed by atoms with Gasteiger partial charge in [0.25, 0.3) is 5.56 Å². The van der Waals surface area contributed by atoms with Crippen LogP contribution in [-0.4, -0.2) is 48.0 Å². The molecule has 0 fully saturated rings. The van der Waals surface area contributed by atoms with E-state index in [0.717, 1.165) is 0 Å². The molecule has 0 saturated heterocycles. The van der Waals surface area contributed by atoms with E-state index in [-0.39, 0.29) is 29.4 Å². The number of nitrogens with one attached hydrogen (secondary N) is 2. The lowest BCUT2D eigenvalue weighted by molar-refractivity contribution is -0.152. The SMILES string of the molecule is CCOC(=O)C(=O)Nc1cc(C)nn1-c1nc2c(cnn2-c2ccc(F)cc2)c(=O)[nH]1. The molecule has 0 bridgehead atoms. The summed E-state index contributed by atoms with van der Waals surface area (Å²) in [5.41, 5.74) is 0.687. The standard InChI is InChI=1S/C19H16FN7O4/c1-3-31-18(30)17(29)22-14-8-10(2)25-27(14)19-23-15-13(16(28)24-19)9-21-26(15)12-6-4-11(20)5-7-12/h4-9H,3H2,1-2H3,(H,22,29)(H,23,24,28). The maximum atomic E-state index is 13.3. The number of esters is 1. The summed E-state index contributed by atoms with van der Waals surface area (Å²) in [6, 6.07) is 7.01. The second kappa shape index (κ2) is 7.82. The monoisotopic (exact) mass is 425 g/mol. The first-order valence-electron chi connectivity index (χ1n) is 9.16. The van der Waals surface area contributed by atoms with Gasteiger partial charge in [-0.1, -0.05) is 0 Å². The summed E-state index contributed by atoms with van der Waals surface area (Å²) in [5.74, 6) is -2.39. The topological polar surface area (TPSA) is 137 Å². The van der Waals surface area contributed by atoms with Gasteiger partial charge in [0.2, 0.25) is 5.95 Å². The van der Waals surface area contributed by atoms with E-state index in [1.165, 1.54) is 45.9 Å². The number of aromatic nitrogens is 6. The van der Waals surface area contributed by atoms with Crippen molar-refractivity contribution in [2.45, 2.75) is 13.8 Å². The first-order chi connectivity index (χ1) is 14.9. The molecule has 3 heterocycles. The van der Waals surface area contributed by atoms with Gasteiger partial charge in [-0.15, -0.1) is 0 Å². The van der Waals surface area contributed by atoms with Gasteiger partial charge < -0.3 is 10.1 Å². The number of amides is 1. The quantitative estimate of drug-likeness (QED) is 0.371. The number of aryl methyl sites for hydroxylation is 1. The zero-order valence-corrected chi connectivity index (χ0v) is 16.4. The van der Waals surface area contributed by atoms with Gasteiger partial charge in [-0.2, -0.15) is 19.9 Å². The molecule has 2 N–H and O–H groups in total. The molecule has 0 saturated carbocycles. The number of aromatic amines is 1. The fourth-order valence-electron chi connectivity index (χ4n) is 2.89. The van der Waals surface area contributed by atoms with Crippen molar-refractivity contribution in [1.29, 1.82) is 0 Å². The first-order valence-corrected chi connectivity index (χ1v) is 9.16. The third-order valence-electron chi connectivity index (χ3n) is 4.23. The molecule has 0 unspecified atom stereocenters. The van der Waals surface area contributed by atoms with E-state index < -0.39 is 23.3 Å². The maximum Gasteiger partial charge on any atom is 0.397 e. The van der Waals surface area contributed by atoms with Gasteiger partial charge in [0.05, 0.1) is 24.2 Å². The lowest BCUT2D eigenvalue weighted by Gasteiger charge is -2.08. The average Bonchev–Trinajstić information content (AvgIpc) is 3.32. The van der Waals surface area contributed by atoms with Crippen LogP contribution in [0, 0.1) is 12.7 Å². The number of hydrogen-bond acceptors (Lipinski definition) is 7. The molecule has 0 radical (unpaired) electrons. The van der Waals surface area contributed by atoms with Crippen molar-refractivity contribution in [1.82, 2.24) is 29.5 Å². The second-order valence-corrected chi connectivity index (χ2v) is 6.42. The second-order valence-electron chi connectivity index (χ2n) is 6.42. The highest BCUT2D eigenvalue weighted by Crippen LogP contribution is 2.18. The molecule has 4 aromatic rings. The molecular formula is C19H16FN7O4. The number of rotatable bonds is 4. The Morgan fingerprint density at radius 2 is 1.97 bits per heavy atom. The Kier molecular flexibility index (Phi) is 5.03. The summed E-state index contributed by atoms with van der Waals surface area (Å²) in [7, 11) is 0. The lowest BCUT2D eigenvalue weighted by atomic mass is 10.3. The minimum absolute atomic E-state index is 0.0198. The number of halogens is 1.